The molecule has 0 aromatic carbocycles. The number of nitrogens with zero attached hydrogens (tertiary/aromatic N) is 4. The first-order valence-electron chi connectivity index (χ1n) is 7.77. The molecule has 21 heavy (non-hydrogen) atoms. The Morgan fingerprint density at radius 1 is 1.14 bits per heavy atom. The maximum Gasteiger partial charge on any atom is 0.159 e. The van der Waals surface area contributed by atoms with E-state index in [0.29, 0.717) is 0 Å². The summed E-state index contributed by atoms with van der Waals surface area (Å²) in [6, 6.07) is 1.97. The van der Waals surface area contributed by atoms with E-state index in [-0.39, 0.29) is 0 Å². The molecular weight excluding hydrogens is 262 g/mol. The van der Waals surface area contributed by atoms with E-state index in [1.54, 1.807) is 0 Å². The van der Waals surface area contributed by atoms with Crippen molar-refractivity contribution < 1.29 is 0 Å². The van der Waals surface area contributed by atoms with Gasteiger partial charge < -0.3 is 5.32 Å². The van der Waals surface area contributed by atoms with Gasteiger partial charge in [-0.1, -0.05) is 13.8 Å². The first kappa shape index (κ1) is 15.5. The van der Waals surface area contributed by atoms with Crippen molar-refractivity contribution >= 4 is 5.82 Å². The SMILES string of the molecule is CCCc1nc(NCC)cc(-n2nc(C)c(CC)c2C)n1. The fraction of sp³-hybridized carbons (Fsp3) is 0.562. The lowest BCUT2D eigenvalue weighted by Crippen LogP contribution is -2.09. The molecule has 1 N–H and O–H groups in total. The fourth-order valence-corrected chi connectivity index (χ4v) is 2.61. The predicted molar refractivity (Wildman–Crippen MR) is 86.2 cm³/mol. The highest BCUT2D eigenvalue weighted by Crippen LogP contribution is 2.19. The molecule has 2 aromatic heterocycles. The van der Waals surface area contributed by atoms with Gasteiger partial charge in [-0.2, -0.15) is 5.10 Å². The van der Waals surface area contributed by atoms with Gasteiger partial charge in [-0.3, -0.25) is 0 Å². The Morgan fingerprint density at radius 3 is 2.48 bits per heavy atom. The van der Waals surface area contributed by atoms with Gasteiger partial charge in [-0.15, -0.1) is 0 Å². The molecule has 114 valence electrons. The van der Waals surface area contributed by atoms with Gasteiger partial charge in [0.2, 0.25) is 0 Å². The first-order chi connectivity index (χ1) is 10.1. The van der Waals surface area contributed by atoms with E-state index in [0.717, 1.165) is 49.0 Å². The van der Waals surface area contributed by atoms with Crippen LogP contribution >= 0.6 is 0 Å². The predicted octanol–water partition coefficient (Wildman–Crippen LogP) is 3.23. The van der Waals surface area contributed by atoms with Gasteiger partial charge in [0, 0.05) is 24.7 Å². The molecule has 0 aliphatic carbocycles. The summed E-state index contributed by atoms with van der Waals surface area (Å²) in [6.07, 6.45) is 2.91. The summed E-state index contributed by atoms with van der Waals surface area (Å²) < 4.78 is 1.94. The Labute approximate surface area is 126 Å². The molecule has 0 aliphatic heterocycles. The van der Waals surface area contributed by atoms with Gasteiger partial charge in [0.1, 0.15) is 11.6 Å². The molecular formula is C16H25N5. The van der Waals surface area contributed by atoms with E-state index in [1.165, 1.54) is 11.3 Å². The molecule has 0 spiro atoms. The largest absolute Gasteiger partial charge is 0.370 e. The summed E-state index contributed by atoms with van der Waals surface area (Å²) >= 11 is 0. The molecule has 5 heteroatoms. The summed E-state index contributed by atoms with van der Waals surface area (Å²) in [7, 11) is 0. The summed E-state index contributed by atoms with van der Waals surface area (Å²) in [5, 5.41) is 7.93. The molecule has 5 nitrogen and oxygen atoms in total. The first-order valence-corrected chi connectivity index (χ1v) is 7.77. The van der Waals surface area contributed by atoms with E-state index in [2.05, 4.69) is 55.0 Å². The molecule has 0 saturated heterocycles. The van der Waals surface area contributed by atoms with Crippen LogP contribution in [0.2, 0.25) is 0 Å². The van der Waals surface area contributed by atoms with Crippen LogP contribution in [0.25, 0.3) is 5.82 Å². The van der Waals surface area contributed by atoms with Gasteiger partial charge in [-0.05, 0) is 39.2 Å². The van der Waals surface area contributed by atoms with Crippen molar-refractivity contribution in [3.8, 4) is 5.82 Å². The second kappa shape index (κ2) is 6.70. The highest BCUT2D eigenvalue weighted by molar-refractivity contribution is 5.43. The van der Waals surface area contributed by atoms with E-state index < -0.39 is 0 Å². The normalized spacial score (nSPS) is 10.9. The van der Waals surface area contributed by atoms with Crippen LogP contribution in [0.3, 0.4) is 0 Å². The van der Waals surface area contributed by atoms with Gasteiger partial charge >= 0.3 is 0 Å². The molecule has 2 heterocycles. The molecule has 0 aliphatic rings. The summed E-state index contributed by atoms with van der Waals surface area (Å²) in [4.78, 5) is 9.23. The van der Waals surface area contributed by atoms with E-state index in [4.69, 9.17) is 0 Å². The number of aromatic nitrogens is 4. The third-order valence-corrected chi connectivity index (χ3v) is 3.60. The van der Waals surface area contributed by atoms with Crippen LogP contribution in [0.4, 0.5) is 5.82 Å². The number of hydrogen-bond donors (Lipinski definition) is 1. The van der Waals surface area contributed by atoms with Crippen molar-refractivity contribution in [2.45, 2.75) is 53.9 Å². The zero-order chi connectivity index (χ0) is 15.4. The van der Waals surface area contributed by atoms with Crippen LogP contribution in [0.1, 0.15) is 50.0 Å². The lowest BCUT2D eigenvalue weighted by molar-refractivity contribution is 0.765. The standard InChI is InChI=1S/C16H25N5/c1-6-9-14-18-15(17-8-3)10-16(19-14)21-12(5)13(7-2)11(4)20-21/h10H,6-9H2,1-5H3,(H,17,18,19). The van der Waals surface area contributed by atoms with Crippen LogP contribution in [-0.2, 0) is 12.8 Å². The average molecular weight is 287 g/mol. The number of aryl methyl sites for hydroxylation is 2. The molecule has 0 unspecified atom stereocenters. The number of rotatable bonds is 6. The quantitative estimate of drug-likeness (QED) is 0.886. The molecule has 0 saturated carbocycles. The summed E-state index contributed by atoms with van der Waals surface area (Å²) in [5.74, 6) is 2.60. The Balaban J connectivity index is 2.51. The van der Waals surface area contributed by atoms with Gasteiger partial charge in [0.15, 0.2) is 5.82 Å². The monoisotopic (exact) mass is 287 g/mol. The van der Waals surface area contributed by atoms with Crippen molar-refractivity contribution in [1.82, 2.24) is 19.7 Å². The van der Waals surface area contributed by atoms with E-state index in [1.807, 2.05) is 10.7 Å². The molecule has 0 fully saturated rings. The van der Waals surface area contributed by atoms with Gasteiger partial charge in [0.25, 0.3) is 0 Å². The summed E-state index contributed by atoms with van der Waals surface area (Å²) in [6.45, 7) is 11.4. The number of nitrogens with one attached hydrogen (secondary N) is 1. The smallest absolute Gasteiger partial charge is 0.159 e. The Bertz CT molecular complexity index is 591. The van der Waals surface area contributed by atoms with Crippen LogP contribution < -0.4 is 5.32 Å². The summed E-state index contributed by atoms with van der Waals surface area (Å²) in [5.41, 5.74) is 3.55. The van der Waals surface area contributed by atoms with Crippen molar-refractivity contribution in [3.63, 3.8) is 0 Å². The maximum absolute atomic E-state index is 4.67. The molecule has 2 rings (SSSR count). The minimum absolute atomic E-state index is 0.847. The second-order valence-electron chi connectivity index (χ2n) is 5.22. The molecule has 0 bridgehead atoms. The van der Waals surface area contributed by atoms with Crippen LogP contribution in [0.5, 0.6) is 0 Å². The van der Waals surface area contributed by atoms with Crippen molar-refractivity contribution in [1.29, 1.82) is 0 Å². The number of hydrogen-bond acceptors (Lipinski definition) is 4. The maximum atomic E-state index is 4.67. The van der Waals surface area contributed by atoms with Crippen LogP contribution in [-0.4, -0.2) is 26.3 Å². The second-order valence-corrected chi connectivity index (χ2v) is 5.22. The fourth-order valence-electron chi connectivity index (χ4n) is 2.61. The van der Waals surface area contributed by atoms with Gasteiger partial charge in [0.05, 0.1) is 5.69 Å². The Hall–Kier alpha value is -1.91. The third kappa shape index (κ3) is 3.23. The lowest BCUT2D eigenvalue weighted by atomic mass is 10.1. The molecule has 0 radical (unpaired) electrons. The van der Waals surface area contributed by atoms with Crippen molar-refractivity contribution in [3.05, 3.63) is 28.8 Å². The zero-order valence-corrected chi connectivity index (χ0v) is 13.7. The lowest BCUT2D eigenvalue weighted by Gasteiger charge is -2.10. The molecule has 0 amide bonds. The minimum Gasteiger partial charge on any atom is -0.370 e. The minimum atomic E-state index is 0.847. The molecule has 0 atom stereocenters. The highest BCUT2D eigenvalue weighted by Gasteiger charge is 2.14. The van der Waals surface area contributed by atoms with E-state index in [9.17, 15) is 0 Å². The zero-order valence-electron chi connectivity index (χ0n) is 13.7. The van der Waals surface area contributed by atoms with Crippen LogP contribution in [0, 0.1) is 13.8 Å². The third-order valence-electron chi connectivity index (χ3n) is 3.60. The van der Waals surface area contributed by atoms with E-state index >= 15 is 0 Å². The highest BCUT2D eigenvalue weighted by atomic mass is 15.3. The Kier molecular flexibility index (Phi) is 4.94. The molecule has 2 aromatic rings. The average Bonchev–Trinajstić information content (AvgIpc) is 2.74. The van der Waals surface area contributed by atoms with Gasteiger partial charge in [-0.25, -0.2) is 14.6 Å². The topological polar surface area (TPSA) is 55.6 Å². The van der Waals surface area contributed by atoms with Crippen molar-refractivity contribution in [2.75, 3.05) is 11.9 Å². The van der Waals surface area contributed by atoms with Crippen LogP contribution in [0.15, 0.2) is 6.07 Å². The van der Waals surface area contributed by atoms with Crippen molar-refractivity contribution in [2.24, 2.45) is 0 Å². The number of anilines is 1. The Morgan fingerprint density at radius 2 is 1.90 bits per heavy atom.